The number of hydrogen-bond acceptors (Lipinski definition) is 4. The van der Waals surface area contributed by atoms with Gasteiger partial charge in [-0.3, -0.25) is 9.59 Å². The number of nitrogens with zero attached hydrogens (tertiary/aromatic N) is 3. The average Bonchev–Trinajstić information content (AvgIpc) is 3.44. The second-order valence-corrected chi connectivity index (χ2v) is 7.84. The topological polar surface area (TPSA) is 76.5 Å². The Bertz CT molecular complexity index is 1210. The summed E-state index contributed by atoms with van der Waals surface area (Å²) in [4.78, 5) is 33.0. The highest BCUT2D eigenvalue weighted by molar-refractivity contribution is 6.08. The molecule has 31 heavy (non-hydrogen) atoms. The van der Waals surface area contributed by atoms with Crippen LogP contribution in [0.15, 0.2) is 54.9 Å². The SMILES string of the molecule is COc1cccc(C(=O)N2CC[C@]3(C(=O)Nc4ccccc43)[C@@H]2c2nccn2C)c1F. The van der Waals surface area contributed by atoms with Gasteiger partial charge in [0, 0.05) is 31.7 Å². The number of methoxy groups -OCH3 is 1. The number of amides is 2. The maximum Gasteiger partial charge on any atom is 0.257 e. The van der Waals surface area contributed by atoms with E-state index in [4.69, 9.17) is 4.74 Å². The zero-order valence-corrected chi connectivity index (χ0v) is 17.1. The zero-order valence-electron chi connectivity index (χ0n) is 17.1. The average molecular weight is 420 g/mol. The van der Waals surface area contributed by atoms with Gasteiger partial charge in [0.2, 0.25) is 5.91 Å². The molecule has 1 spiro atoms. The Labute approximate surface area is 178 Å². The van der Waals surface area contributed by atoms with Crippen molar-refractivity contribution in [2.75, 3.05) is 19.0 Å². The first-order valence-corrected chi connectivity index (χ1v) is 10.0. The van der Waals surface area contributed by atoms with Crippen LogP contribution in [-0.4, -0.2) is 39.9 Å². The summed E-state index contributed by atoms with van der Waals surface area (Å²) in [6, 6.07) is 11.3. The predicted octanol–water partition coefficient (Wildman–Crippen LogP) is 3.05. The molecule has 2 atom stereocenters. The number of fused-ring (bicyclic) bond motifs is 2. The van der Waals surface area contributed by atoms with Crippen LogP contribution in [0, 0.1) is 5.82 Å². The standard InChI is InChI=1S/C23H21FN4O3/c1-27-13-11-25-20(27)19-23(15-7-3-4-8-16(15)26-22(23)30)10-12-28(19)21(29)14-6-5-9-17(31-2)18(14)24/h3-9,11,13,19H,10,12H2,1-2H3,(H,26,30)/t19-,23+/m0/s1. The third kappa shape index (κ3) is 2.60. The molecule has 5 rings (SSSR count). The number of anilines is 1. The van der Waals surface area contributed by atoms with E-state index in [0.717, 1.165) is 11.3 Å². The van der Waals surface area contributed by atoms with Gasteiger partial charge in [-0.2, -0.15) is 0 Å². The van der Waals surface area contributed by atoms with E-state index in [1.54, 1.807) is 27.9 Å². The minimum atomic E-state index is -0.999. The number of ether oxygens (including phenoxy) is 1. The lowest BCUT2D eigenvalue weighted by Crippen LogP contribution is -2.44. The van der Waals surface area contributed by atoms with Crippen molar-refractivity contribution in [3.63, 3.8) is 0 Å². The van der Waals surface area contributed by atoms with Gasteiger partial charge in [0.1, 0.15) is 17.3 Å². The Balaban J connectivity index is 1.67. The number of likely N-dealkylation sites (tertiary alicyclic amines) is 1. The van der Waals surface area contributed by atoms with Gasteiger partial charge in [0.25, 0.3) is 5.91 Å². The molecule has 0 radical (unpaired) electrons. The Hall–Kier alpha value is -3.68. The van der Waals surface area contributed by atoms with Crippen LogP contribution >= 0.6 is 0 Å². The monoisotopic (exact) mass is 420 g/mol. The van der Waals surface area contributed by atoms with Gasteiger partial charge in [-0.25, -0.2) is 9.37 Å². The van der Waals surface area contributed by atoms with Crippen molar-refractivity contribution in [1.29, 1.82) is 0 Å². The van der Waals surface area contributed by atoms with Crippen LogP contribution in [0.25, 0.3) is 0 Å². The molecular formula is C23H21FN4O3. The third-order valence-electron chi connectivity index (χ3n) is 6.36. The Morgan fingerprint density at radius 2 is 2.06 bits per heavy atom. The summed E-state index contributed by atoms with van der Waals surface area (Å²) in [5.41, 5.74) is 0.464. The second-order valence-electron chi connectivity index (χ2n) is 7.84. The molecule has 3 heterocycles. The summed E-state index contributed by atoms with van der Waals surface area (Å²) in [5.74, 6) is -0.828. The summed E-state index contributed by atoms with van der Waals surface area (Å²) >= 11 is 0. The fourth-order valence-corrected chi connectivity index (χ4v) is 4.89. The van der Waals surface area contributed by atoms with E-state index in [9.17, 15) is 14.0 Å². The fraction of sp³-hybridized carbons (Fsp3) is 0.261. The number of benzene rings is 2. The smallest absolute Gasteiger partial charge is 0.257 e. The van der Waals surface area contributed by atoms with Crippen LogP contribution < -0.4 is 10.1 Å². The normalized spacial score (nSPS) is 22.0. The third-order valence-corrected chi connectivity index (χ3v) is 6.36. The molecule has 7 nitrogen and oxygen atoms in total. The number of carbonyl (C=O) groups excluding carboxylic acids is 2. The number of para-hydroxylation sites is 1. The number of rotatable bonds is 3. The van der Waals surface area contributed by atoms with E-state index in [-0.39, 0.29) is 23.8 Å². The molecule has 2 amide bonds. The van der Waals surface area contributed by atoms with Crippen molar-refractivity contribution in [2.24, 2.45) is 7.05 Å². The summed E-state index contributed by atoms with van der Waals surface area (Å²) in [6.07, 6.45) is 3.81. The summed E-state index contributed by atoms with van der Waals surface area (Å²) in [7, 11) is 3.18. The second kappa shape index (κ2) is 6.94. The van der Waals surface area contributed by atoms with Gasteiger partial charge in [-0.1, -0.05) is 24.3 Å². The van der Waals surface area contributed by atoms with Crippen molar-refractivity contribution < 1.29 is 18.7 Å². The lowest BCUT2D eigenvalue weighted by atomic mass is 9.74. The molecule has 0 saturated carbocycles. The highest BCUT2D eigenvalue weighted by Crippen LogP contribution is 2.54. The van der Waals surface area contributed by atoms with Gasteiger partial charge in [-0.05, 0) is 30.2 Å². The predicted molar refractivity (Wildman–Crippen MR) is 111 cm³/mol. The van der Waals surface area contributed by atoms with Crippen LogP contribution in [0.2, 0.25) is 0 Å². The molecule has 1 fully saturated rings. The highest BCUT2D eigenvalue weighted by Gasteiger charge is 2.60. The summed E-state index contributed by atoms with van der Waals surface area (Å²) < 4.78 is 21.8. The molecule has 3 aromatic rings. The van der Waals surface area contributed by atoms with E-state index < -0.39 is 23.2 Å². The molecule has 1 saturated heterocycles. The van der Waals surface area contributed by atoms with E-state index in [1.165, 1.54) is 19.2 Å². The minimum absolute atomic E-state index is 0.00254. The first-order chi connectivity index (χ1) is 15.0. The van der Waals surface area contributed by atoms with Crippen LogP contribution in [0.4, 0.5) is 10.1 Å². The van der Waals surface area contributed by atoms with Gasteiger partial charge >= 0.3 is 0 Å². The van der Waals surface area contributed by atoms with Crippen molar-refractivity contribution in [3.8, 4) is 5.75 Å². The van der Waals surface area contributed by atoms with Gasteiger partial charge in [0.15, 0.2) is 11.6 Å². The van der Waals surface area contributed by atoms with Crippen molar-refractivity contribution in [1.82, 2.24) is 14.5 Å². The Kier molecular flexibility index (Phi) is 4.32. The summed E-state index contributed by atoms with van der Waals surface area (Å²) in [5, 5.41) is 2.96. The van der Waals surface area contributed by atoms with Gasteiger partial charge in [0.05, 0.1) is 12.7 Å². The van der Waals surface area contributed by atoms with E-state index in [0.29, 0.717) is 12.2 Å². The maximum atomic E-state index is 14.9. The molecule has 2 aliphatic rings. The number of nitrogens with one attached hydrogen (secondary N) is 1. The highest BCUT2D eigenvalue weighted by atomic mass is 19.1. The van der Waals surface area contributed by atoms with Crippen molar-refractivity contribution in [2.45, 2.75) is 17.9 Å². The number of hydrogen-bond donors (Lipinski definition) is 1. The lowest BCUT2D eigenvalue weighted by molar-refractivity contribution is -0.121. The van der Waals surface area contributed by atoms with Crippen LogP contribution in [0.3, 0.4) is 0 Å². The molecule has 1 aromatic heterocycles. The quantitative estimate of drug-likeness (QED) is 0.707. The van der Waals surface area contributed by atoms with Crippen molar-refractivity contribution >= 4 is 17.5 Å². The first kappa shape index (κ1) is 19.3. The molecule has 8 heteroatoms. The van der Waals surface area contributed by atoms with E-state index >= 15 is 0 Å². The van der Waals surface area contributed by atoms with Crippen LogP contribution in [0.1, 0.15) is 34.2 Å². The molecule has 1 N–H and O–H groups in total. The zero-order chi connectivity index (χ0) is 21.8. The van der Waals surface area contributed by atoms with E-state index in [2.05, 4.69) is 10.3 Å². The Morgan fingerprint density at radius 1 is 1.26 bits per heavy atom. The van der Waals surface area contributed by atoms with Gasteiger partial charge in [-0.15, -0.1) is 0 Å². The minimum Gasteiger partial charge on any atom is -0.494 e. The number of halogens is 1. The number of carbonyl (C=O) groups is 2. The largest absolute Gasteiger partial charge is 0.494 e. The molecule has 158 valence electrons. The van der Waals surface area contributed by atoms with E-state index in [1.807, 2.05) is 31.3 Å². The maximum absolute atomic E-state index is 14.9. The van der Waals surface area contributed by atoms with Crippen LogP contribution in [0.5, 0.6) is 5.75 Å². The fourth-order valence-electron chi connectivity index (χ4n) is 4.89. The first-order valence-electron chi connectivity index (χ1n) is 10.0. The summed E-state index contributed by atoms with van der Waals surface area (Å²) in [6.45, 7) is 0.286. The number of aromatic nitrogens is 2. The van der Waals surface area contributed by atoms with Crippen LogP contribution in [-0.2, 0) is 17.3 Å². The molecular weight excluding hydrogens is 399 g/mol. The molecule has 0 bridgehead atoms. The molecule has 0 aliphatic carbocycles. The number of aryl methyl sites for hydroxylation is 1. The lowest BCUT2D eigenvalue weighted by Gasteiger charge is -2.33. The number of imidazole rings is 1. The Morgan fingerprint density at radius 3 is 2.81 bits per heavy atom. The molecule has 2 aliphatic heterocycles. The van der Waals surface area contributed by atoms with Crippen molar-refractivity contribution in [3.05, 3.63) is 77.6 Å². The molecule has 0 unspecified atom stereocenters. The van der Waals surface area contributed by atoms with Gasteiger partial charge < -0.3 is 19.5 Å². The molecule has 2 aromatic carbocycles.